The van der Waals surface area contributed by atoms with Crippen LogP contribution in [0.2, 0.25) is 0 Å². The van der Waals surface area contributed by atoms with Gasteiger partial charge in [-0.3, -0.25) is 4.79 Å². The van der Waals surface area contributed by atoms with Gasteiger partial charge in [-0.1, -0.05) is 6.92 Å². The van der Waals surface area contributed by atoms with E-state index in [9.17, 15) is 13.6 Å². The number of hydrogen-bond acceptors (Lipinski definition) is 1. The molecule has 0 saturated carbocycles. The Balaban J connectivity index is 3.29. The van der Waals surface area contributed by atoms with E-state index in [0.29, 0.717) is 6.42 Å². The zero-order chi connectivity index (χ0) is 10.7. The summed E-state index contributed by atoms with van der Waals surface area (Å²) in [5.74, 6) is -1.85. The van der Waals surface area contributed by atoms with Gasteiger partial charge in [0, 0.05) is 7.05 Å². The van der Waals surface area contributed by atoms with Gasteiger partial charge in [0.15, 0.2) is 0 Å². The van der Waals surface area contributed by atoms with Crippen LogP contribution in [0.3, 0.4) is 0 Å². The van der Waals surface area contributed by atoms with Gasteiger partial charge in [0.05, 0.1) is 5.56 Å². The summed E-state index contributed by atoms with van der Waals surface area (Å²) in [6, 6.07) is 2.00. The van der Waals surface area contributed by atoms with Gasteiger partial charge in [0.25, 0.3) is 5.91 Å². The molecule has 1 rings (SSSR count). The van der Waals surface area contributed by atoms with E-state index in [1.54, 1.807) is 6.92 Å². The average Bonchev–Trinajstić information content (AvgIpc) is 2.19. The summed E-state index contributed by atoms with van der Waals surface area (Å²) in [6.45, 7) is 1.70. The summed E-state index contributed by atoms with van der Waals surface area (Å²) < 4.78 is 26.4. The summed E-state index contributed by atoms with van der Waals surface area (Å²) in [5, 5.41) is 2.26. The third-order valence-corrected chi connectivity index (χ3v) is 1.97. The molecule has 0 unspecified atom stereocenters. The predicted octanol–water partition coefficient (Wildman–Crippen LogP) is 1.89. The first-order chi connectivity index (χ1) is 6.60. The van der Waals surface area contributed by atoms with Gasteiger partial charge >= 0.3 is 0 Å². The van der Waals surface area contributed by atoms with Crippen molar-refractivity contribution in [2.75, 3.05) is 7.05 Å². The Morgan fingerprint density at radius 3 is 2.57 bits per heavy atom. The minimum atomic E-state index is -0.645. The summed E-state index contributed by atoms with van der Waals surface area (Å²) in [6.07, 6.45) is 0.355. The van der Waals surface area contributed by atoms with Gasteiger partial charge in [-0.15, -0.1) is 0 Å². The fraction of sp³-hybridized carbons (Fsp3) is 0.300. The van der Waals surface area contributed by atoms with Crippen LogP contribution >= 0.6 is 0 Å². The first-order valence-corrected chi connectivity index (χ1v) is 4.30. The molecule has 0 atom stereocenters. The van der Waals surface area contributed by atoms with Crippen LogP contribution in [-0.4, -0.2) is 13.0 Å². The van der Waals surface area contributed by atoms with E-state index in [4.69, 9.17) is 0 Å². The lowest BCUT2D eigenvalue weighted by Crippen LogP contribution is -2.20. The van der Waals surface area contributed by atoms with E-state index in [1.165, 1.54) is 7.05 Å². The smallest absolute Gasteiger partial charge is 0.254 e. The molecule has 1 N–H and O–H groups in total. The number of nitrogens with one attached hydrogen (secondary N) is 1. The Morgan fingerprint density at radius 2 is 2.07 bits per heavy atom. The lowest BCUT2D eigenvalue weighted by Gasteiger charge is -2.06. The first-order valence-electron chi connectivity index (χ1n) is 4.30. The number of halogens is 2. The van der Waals surface area contributed by atoms with Crippen LogP contribution in [0.15, 0.2) is 12.1 Å². The van der Waals surface area contributed by atoms with Crippen LogP contribution in [0.4, 0.5) is 8.78 Å². The molecule has 4 heteroatoms. The lowest BCUT2D eigenvalue weighted by atomic mass is 10.1. The molecule has 0 heterocycles. The number of rotatable bonds is 2. The maximum atomic E-state index is 13.5. The normalized spacial score (nSPS) is 10.0. The van der Waals surface area contributed by atoms with Gasteiger partial charge in [-0.05, 0) is 24.1 Å². The van der Waals surface area contributed by atoms with Crippen molar-refractivity contribution in [1.82, 2.24) is 5.32 Å². The van der Waals surface area contributed by atoms with E-state index in [1.807, 2.05) is 0 Å². The Kier molecular flexibility index (Phi) is 3.17. The van der Waals surface area contributed by atoms with E-state index in [0.717, 1.165) is 12.1 Å². The second kappa shape index (κ2) is 4.17. The largest absolute Gasteiger partial charge is 0.355 e. The first kappa shape index (κ1) is 10.6. The van der Waals surface area contributed by atoms with Crippen molar-refractivity contribution in [2.45, 2.75) is 13.3 Å². The summed E-state index contributed by atoms with van der Waals surface area (Å²) in [5.41, 5.74) is -0.0343. The van der Waals surface area contributed by atoms with Crippen molar-refractivity contribution in [3.05, 3.63) is 34.9 Å². The third-order valence-electron chi connectivity index (χ3n) is 1.97. The van der Waals surface area contributed by atoms with Gasteiger partial charge in [-0.2, -0.15) is 0 Å². The topological polar surface area (TPSA) is 29.1 Å². The van der Waals surface area contributed by atoms with Crippen molar-refractivity contribution in [3.63, 3.8) is 0 Å². The second-order valence-corrected chi connectivity index (χ2v) is 2.86. The Hall–Kier alpha value is -1.45. The number of carbonyl (C=O) groups is 1. The van der Waals surface area contributed by atoms with Crippen molar-refractivity contribution in [2.24, 2.45) is 0 Å². The van der Waals surface area contributed by atoms with Crippen LogP contribution in [0.1, 0.15) is 22.8 Å². The zero-order valence-corrected chi connectivity index (χ0v) is 8.03. The van der Waals surface area contributed by atoms with Gasteiger partial charge < -0.3 is 5.32 Å². The molecule has 76 valence electrons. The fourth-order valence-corrected chi connectivity index (χ4v) is 1.20. The van der Waals surface area contributed by atoms with Crippen molar-refractivity contribution >= 4 is 5.91 Å². The van der Waals surface area contributed by atoms with Crippen molar-refractivity contribution in [3.8, 4) is 0 Å². The Morgan fingerprint density at radius 1 is 1.43 bits per heavy atom. The highest BCUT2D eigenvalue weighted by Crippen LogP contribution is 2.16. The van der Waals surface area contributed by atoms with E-state index >= 15 is 0 Å². The molecule has 0 bridgehead atoms. The molecule has 0 aromatic heterocycles. The van der Waals surface area contributed by atoms with Crippen LogP contribution in [-0.2, 0) is 6.42 Å². The lowest BCUT2D eigenvalue weighted by molar-refractivity contribution is 0.0958. The zero-order valence-electron chi connectivity index (χ0n) is 8.03. The van der Waals surface area contributed by atoms with Crippen molar-refractivity contribution < 1.29 is 13.6 Å². The fourth-order valence-electron chi connectivity index (χ4n) is 1.20. The van der Waals surface area contributed by atoms with Gasteiger partial charge in [0.2, 0.25) is 0 Å². The maximum absolute atomic E-state index is 13.5. The van der Waals surface area contributed by atoms with Crippen LogP contribution < -0.4 is 5.32 Å². The van der Waals surface area contributed by atoms with Crippen molar-refractivity contribution in [1.29, 1.82) is 0 Å². The molecule has 1 aromatic carbocycles. The summed E-state index contributed by atoms with van der Waals surface area (Å²) in [4.78, 5) is 11.1. The monoisotopic (exact) mass is 199 g/mol. The minimum Gasteiger partial charge on any atom is -0.355 e. The molecule has 0 aliphatic carbocycles. The third kappa shape index (κ3) is 1.89. The van der Waals surface area contributed by atoms with E-state index in [2.05, 4.69) is 5.32 Å². The minimum absolute atomic E-state index is 0.212. The molecular weight excluding hydrogens is 188 g/mol. The van der Waals surface area contributed by atoms with Crippen LogP contribution in [0.5, 0.6) is 0 Å². The standard InChI is InChI=1S/C10H11F2NO/c1-3-6-4-7(11)5-8(9(6)12)10(14)13-2/h4-5H,3H2,1-2H3,(H,13,14). The molecule has 14 heavy (non-hydrogen) atoms. The Labute approximate surface area is 80.9 Å². The molecule has 0 saturated heterocycles. The Bertz CT molecular complexity index is 363. The highest BCUT2D eigenvalue weighted by atomic mass is 19.1. The molecule has 1 aromatic rings. The number of amides is 1. The molecule has 0 spiro atoms. The van der Waals surface area contributed by atoms with Crippen LogP contribution in [0, 0.1) is 11.6 Å². The highest BCUT2D eigenvalue weighted by Gasteiger charge is 2.14. The number of carbonyl (C=O) groups excluding carboxylic acids is 1. The molecule has 0 aliphatic rings. The van der Waals surface area contributed by atoms with Crippen LogP contribution in [0.25, 0.3) is 0 Å². The molecule has 0 radical (unpaired) electrons. The van der Waals surface area contributed by atoms with E-state index < -0.39 is 17.5 Å². The molecule has 2 nitrogen and oxygen atoms in total. The maximum Gasteiger partial charge on any atom is 0.254 e. The highest BCUT2D eigenvalue weighted by molar-refractivity contribution is 5.94. The van der Waals surface area contributed by atoms with E-state index in [-0.39, 0.29) is 11.1 Å². The number of benzene rings is 1. The summed E-state index contributed by atoms with van der Waals surface area (Å²) >= 11 is 0. The van der Waals surface area contributed by atoms with Gasteiger partial charge in [0.1, 0.15) is 11.6 Å². The van der Waals surface area contributed by atoms with Gasteiger partial charge in [-0.25, -0.2) is 8.78 Å². The quantitative estimate of drug-likeness (QED) is 0.774. The number of aryl methyl sites for hydroxylation is 1. The molecular formula is C10H11F2NO. The number of hydrogen-bond donors (Lipinski definition) is 1. The second-order valence-electron chi connectivity index (χ2n) is 2.86. The SMILES string of the molecule is CCc1cc(F)cc(C(=O)NC)c1F. The molecule has 0 aliphatic heterocycles. The summed E-state index contributed by atoms with van der Waals surface area (Å²) in [7, 11) is 1.37. The predicted molar refractivity (Wildman–Crippen MR) is 49.1 cm³/mol. The molecule has 1 amide bonds. The average molecular weight is 199 g/mol. The molecule has 0 fully saturated rings.